The molecule has 0 saturated heterocycles. The van der Waals surface area contributed by atoms with Crippen molar-refractivity contribution in [1.82, 2.24) is 5.32 Å². The number of ether oxygens (including phenoxy) is 1. The molecule has 0 aromatic heterocycles. The smallest absolute Gasteiger partial charge is 0.319 e. The van der Waals surface area contributed by atoms with Gasteiger partial charge in [-0.2, -0.15) is 0 Å². The first-order valence-corrected chi connectivity index (χ1v) is 8.19. The van der Waals surface area contributed by atoms with Crippen LogP contribution in [0.4, 0.5) is 10.5 Å². The van der Waals surface area contributed by atoms with Gasteiger partial charge in [0.1, 0.15) is 5.75 Å². The first-order chi connectivity index (χ1) is 11.7. The lowest BCUT2D eigenvalue weighted by Gasteiger charge is -2.13. The highest BCUT2D eigenvalue weighted by molar-refractivity contribution is 5.90. The maximum atomic E-state index is 12.1. The van der Waals surface area contributed by atoms with E-state index >= 15 is 0 Å². The highest BCUT2D eigenvalue weighted by Gasteiger charge is 2.08. The van der Waals surface area contributed by atoms with Crippen molar-refractivity contribution in [2.75, 3.05) is 11.9 Å². The fourth-order valence-electron chi connectivity index (χ4n) is 2.25. The van der Waals surface area contributed by atoms with Crippen LogP contribution in [0.25, 0.3) is 0 Å². The van der Waals surface area contributed by atoms with E-state index in [4.69, 9.17) is 4.74 Å². The van der Waals surface area contributed by atoms with Gasteiger partial charge >= 0.3 is 6.03 Å². The van der Waals surface area contributed by atoms with E-state index in [2.05, 4.69) is 17.6 Å². The van der Waals surface area contributed by atoms with Crippen LogP contribution in [0, 0.1) is 0 Å². The molecule has 3 N–H and O–H groups in total. The minimum absolute atomic E-state index is 0.0480. The Bertz CT molecular complexity index is 659. The summed E-state index contributed by atoms with van der Waals surface area (Å²) >= 11 is 0. The average Bonchev–Trinajstić information content (AvgIpc) is 2.62. The zero-order chi connectivity index (χ0) is 17.2. The van der Waals surface area contributed by atoms with Crippen LogP contribution in [0.5, 0.6) is 5.75 Å². The Morgan fingerprint density at radius 3 is 2.54 bits per heavy atom. The van der Waals surface area contributed by atoms with Crippen LogP contribution in [0.1, 0.15) is 30.9 Å². The third kappa shape index (κ3) is 5.28. The SMILES string of the molecule is CCCCOc1ccccc1NC(=O)NCc1ccccc1CO. The van der Waals surface area contributed by atoms with E-state index in [1.165, 1.54) is 0 Å². The van der Waals surface area contributed by atoms with Crippen LogP contribution in [-0.4, -0.2) is 17.7 Å². The minimum atomic E-state index is -0.311. The predicted molar refractivity (Wildman–Crippen MR) is 95.1 cm³/mol. The van der Waals surface area contributed by atoms with E-state index < -0.39 is 0 Å². The molecule has 0 radical (unpaired) electrons. The molecule has 0 bridgehead atoms. The molecule has 0 aliphatic rings. The maximum Gasteiger partial charge on any atom is 0.319 e. The molecule has 2 rings (SSSR count). The summed E-state index contributed by atoms with van der Waals surface area (Å²) in [5, 5.41) is 14.9. The van der Waals surface area contributed by atoms with Gasteiger partial charge in [-0.25, -0.2) is 4.79 Å². The van der Waals surface area contributed by atoms with Gasteiger partial charge in [0.25, 0.3) is 0 Å². The van der Waals surface area contributed by atoms with Crippen molar-refractivity contribution in [3.63, 3.8) is 0 Å². The fourth-order valence-corrected chi connectivity index (χ4v) is 2.25. The summed E-state index contributed by atoms with van der Waals surface area (Å²) in [6.45, 7) is 3.03. The zero-order valence-corrected chi connectivity index (χ0v) is 13.9. The van der Waals surface area contributed by atoms with Crippen LogP contribution in [0.3, 0.4) is 0 Å². The first-order valence-electron chi connectivity index (χ1n) is 8.19. The number of aliphatic hydroxyl groups is 1. The number of rotatable bonds is 8. The Kier molecular flexibility index (Phi) is 7.11. The summed E-state index contributed by atoms with van der Waals surface area (Å²) in [4.78, 5) is 12.1. The molecule has 128 valence electrons. The van der Waals surface area contributed by atoms with Crippen LogP contribution >= 0.6 is 0 Å². The molecule has 0 unspecified atom stereocenters. The van der Waals surface area contributed by atoms with Crippen molar-refractivity contribution in [3.05, 3.63) is 59.7 Å². The van der Waals surface area contributed by atoms with Crippen LogP contribution < -0.4 is 15.4 Å². The van der Waals surface area contributed by atoms with Gasteiger partial charge in [-0.15, -0.1) is 0 Å². The van der Waals surface area contributed by atoms with E-state index in [0.29, 0.717) is 24.6 Å². The van der Waals surface area contributed by atoms with Gasteiger partial charge < -0.3 is 20.5 Å². The number of aliphatic hydroxyl groups excluding tert-OH is 1. The van der Waals surface area contributed by atoms with Gasteiger partial charge in [0.05, 0.1) is 18.9 Å². The highest BCUT2D eigenvalue weighted by atomic mass is 16.5. The molecular formula is C19H24N2O3. The van der Waals surface area contributed by atoms with E-state index in [9.17, 15) is 9.90 Å². The second-order valence-electron chi connectivity index (χ2n) is 5.43. The molecule has 0 fully saturated rings. The molecule has 0 atom stereocenters. The molecule has 0 heterocycles. The monoisotopic (exact) mass is 328 g/mol. The molecule has 0 saturated carbocycles. The van der Waals surface area contributed by atoms with Crippen molar-refractivity contribution >= 4 is 11.7 Å². The number of carbonyl (C=O) groups excluding carboxylic acids is 1. The number of hydrogen-bond donors (Lipinski definition) is 3. The van der Waals surface area contributed by atoms with Gasteiger partial charge in [-0.05, 0) is 29.7 Å². The number of carbonyl (C=O) groups is 1. The van der Waals surface area contributed by atoms with Crippen molar-refractivity contribution in [3.8, 4) is 5.75 Å². The van der Waals surface area contributed by atoms with Crippen molar-refractivity contribution in [1.29, 1.82) is 0 Å². The summed E-state index contributed by atoms with van der Waals surface area (Å²) < 4.78 is 5.70. The number of amides is 2. The lowest BCUT2D eigenvalue weighted by molar-refractivity contribution is 0.251. The highest BCUT2D eigenvalue weighted by Crippen LogP contribution is 2.23. The standard InChI is InChI=1S/C19H24N2O3/c1-2-3-12-24-18-11-7-6-10-17(18)21-19(23)20-13-15-8-4-5-9-16(15)14-22/h4-11,22H,2-3,12-14H2,1H3,(H2,20,21,23). The summed E-state index contributed by atoms with van der Waals surface area (Å²) in [6.07, 6.45) is 2.03. The molecular weight excluding hydrogens is 304 g/mol. The molecule has 2 amide bonds. The number of hydrogen-bond acceptors (Lipinski definition) is 3. The van der Waals surface area contributed by atoms with E-state index in [1.807, 2.05) is 48.5 Å². The van der Waals surface area contributed by atoms with Gasteiger partial charge in [-0.3, -0.25) is 0 Å². The molecule has 5 heteroatoms. The maximum absolute atomic E-state index is 12.1. The number of unbranched alkanes of at least 4 members (excludes halogenated alkanes) is 1. The number of benzene rings is 2. The number of nitrogens with one attached hydrogen (secondary N) is 2. The molecule has 2 aromatic rings. The minimum Gasteiger partial charge on any atom is -0.491 e. The van der Waals surface area contributed by atoms with Crippen LogP contribution in [0.2, 0.25) is 0 Å². The fraction of sp³-hybridized carbons (Fsp3) is 0.316. The first kappa shape index (κ1) is 17.8. The number of urea groups is 1. The molecule has 0 aliphatic heterocycles. The average molecular weight is 328 g/mol. The Balaban J connectivity index is 1.92. The van der Waals surface area contributed by atoms with Gasteiger partial charge in [0.15, 0.2) is 0 Å². The Labute approximate surface area is 142 Å². The number of anilines is 1. The third-order valence-corrected chi connectivity index (χ3v) is 3.62. The van der Waals surface area contributed by atoms with Gasteiger partial charge in [0.2, 0.25) is 0 Å². The quantitative estimate of drug-likeness (QED) is 0.647. The Hall–Kier alpha value is -2.53. The summed E-state index contributed by atoms with van der Waals surface area (Å²) in [6, 6.07) is 14.5. The Morgan fingerprint density at radius 2 is 1.79 bits per heavy atom. The number of para-hydroxylation sites is 2. The molecule has 2 aromatic carbocycles. The van der Waals surface area contributed by atoms with E-state index in [1.54, 1.807) is 0 Å². The lowest BCUT2D eigenvalue weighted by atomic mass is 10.1. The second-order valence-corrected chi connectivity index (χ2v) is 5.43. The summed E-state index contributed by atoms with van der Waals surface area (Å²) in [7, 11) is 0. The van der Waals surface area contributed by atoms with Crippen molar-refractivity contribution in [2.24, 2.45) is 0 Å². The molecule has 0 aliphatic carbocycles. The van der Waals surface area contributed by atoms with E-state index in [-0.39, 0.29) is 12.6 Å². The van der Waals surface area contributed by atoms with Gasteiger partial charge in [0, 0.05) is 6.54 Å². The second kappa shape index (κ2) is 9.57. The topological polar surface area (TPSA) is 70.6 Å². The van der Waals surface area contributed by atoms with Crippen LogP contribution in [0.15, 0.2) is 48.5 Å². The third-order valence-electron chi connectivity index (χ3n) is 3.62. The predicted octanol–water partition coefficient (Wildman–Crippen LogP) is 3.68. The van der Waals surface area contributed by atoms with Gasteiger partial charge in [-0.1, -0.05) is 49.7 Å². The molecule has 24 heavy (non-hydrogen) atoms. The Morgan fingerprint density at radius 1 is 1.08 bits per heavy atom. The largest absolute Gasteiger partial charge is 0.491 e. The molecule has 5 nitrogen and oxygen atoms in total. The normalized spacial score (nSPS) is 10.2. The zero-order valence-electron chi connectivity index (χ0n) is 13.9. The molecule has 0 spiro atoms. The summed E-state index contributed by atoms with van der Waals surface area (Å²) in [5.74, 6) is 0.664. The van der Waals surface area contributed by atoms with Crippen LogP contribution in [-0.2, 0) is 13.2 Å². The summed E-state index contributed by atoms with van der Waals surface area (Å²) in [5.41, 5.74) is 2.34. The van der Waals surface area contributed by atoms with E-state index in [0.717, 1.165) is 24.0 Å². The lowest BCUT2D eigenvalue weighted by Crippen LogP contribution is -2.28. The van der Waals surface area contributed by atoms with Crippen molar-refractivity contribution < 1.29 is 14.6 Å². The van der Waals surface area contributed by atoms with Crippen molar-refractivity contribution in [2.45, 2.75) is 32.9 Å².